The number of rotatable bonds is 0. The fourth-order valence-corrected chi connectivity index (χ4v) is 7.38. The van der Waals surface area contributed by atoms with E-state index < -0.39 is 0 Å². The molecule has 6 atom stereocenters. The second-order valence-corrected chi connectivity index (χ2v) is 9.72. The topological polar surface area (TPSA) is 58.9 Å². The van der Waals surface area contributed by atoms with Gasteiger partial charge < -0.3 is 9.94 Å². The molecule has 1 heterocycles. The van der Waals surface area contributed by atoms with E-state index in [0.29, 0.717) is 24.2 Å². The van der Waals surface area contributed by atoms with Gasteiger partial charge in [-0.2, -0.15) is 0 Å². The lowest BCUT2D eigenvalue weighted by molar-refractivity contribution is -0.165. The smallest absolute Gasteiger partial charge is 0.306 e. The SMILES string of the molecule is C[C@@]12CC/C(=N/O)C=C1C=C[C@H]1[C@H]3CC[C@@]4(CCC(=O)O4)[C@]3(C)CC[C@@H]12. The maximum atomic E-state index is 11.9. The average Bonchev–Trinajstić information content (AvgIpc) is 3.15. The molecule has 26 heavy (non-hydrogen) atoms. The summed E-state index contributed by atoms with van der Waals surface area (Å²) >= 11 is 0. The van der Waals surface area contributed by atoms with Gasteiger partial charge >= 0.3 is 5.97 Å². The summed E-state index contributed by atoms with van der Waals surface area (Å²) in [5.74, 6) is 1.83. The molecule has 5 aliphatic rings. The van der Waals surface area contributed by atoms with E-state index in [1.54, 1.807) is 0 Å². The maximum Gasteiger partial charge on any atom is 0.306 e. The Balaban J connectivity index is 1.52. The van der Waals surface area contributed by atoms with E-state index in [0.717, 1.165) is 37.8 Å². The predicted octanol–water partition coefficient (Wildman–Crippen LogP) is 4.63. The molecule has 0 unspecified atom stereocenters. The molecule has 1 saturated heterocycles. The third-order valence-corrected chi connectivity index (χ3v) is 8.99. The van der Waals surface area contributed by atoms with Crippen LogP contribution < -0.4 is 0 Å². The minimum absolute atomic E-state index is 0.00784. The van der Waals surface area contributed by atoms with Crippen LogP contribution in [0.3, 0.4) is 0 Å². The second kappa shape index (κ2) is 5.24. The Morgan fingerprint density at radius 3 is 2.65 bits per heavy atom. The zero-order valence-electron chi connectivity index (χ0n) is 15.8. The zero-order valence-corrected chi connectivity index (χ0v) is 15.8. The summed E-state index contributed by atoms with van der Waals surface area (Å²) in [5, 5.41) is 12.6. The van der Waals surface area contributed by atoms with Gasteiger partial charge in [0.1, 0.15) is 5.60 Å². The molecule has 1 aliphatic heterocycles. The van der Waals surface area contributed by atoms with E-state index in [2.05, 4.69) is 37.2 Å². The Morgan fingerprint density at radius 2 is 1.92 bits per heavy atom. The van der Waals surface area contributed by atoms with Crippen LogP contribution in [0.1, 0.15) is 65.2 Å². The molecular weight excluding hydrogens is 326 g/mol. The molecule has 1 N–H and O–H groups in total. The lowest BCUT2D eigenvalue weighted by atomic mass is 9.48. The van der Waals surface area contributed by atoms with Gasteiger partial charge in [0.25, 0.3) is 0 Å². The largest absolute Gasteiger partial charge is 0.458 e. The highest BCUT2D eigenvalue weighted by atomic mass is 16.6. The molecule has 4 heteroatoms. The summed E-state index contributed by atoms with van der Waals surface area (Å²) in [6, 6.07) is 0. The Labute approximate surface area is 155 Å². The number of allylic oxidation sites excluding steroid dienone is 4. The van der Waals surface area contributed by atoms with Gasteiger partial charge in [-0.25, -0.2) is 0 Å². The highest BCUT2D eigenvalue weighted by Gasteiger charge is 2.66. The molecule has 0 aromatic rings. The molecule has 0 aromatic carbocycles. The minimum Gasteiger partial charge on any atom is -0.458 e. The summed E-state index contributed by atoms with van der Waals surface area (Å²) in [6.07, 6.45) is 14.8. The van der Waals surface area contributed by atoms with Crippen LogP contribution in [0.25, 0.3) is 0 Å². The van der Waals surface area contributed by atoms with Crippen molar-refractivity contribution >= 4 is 11.7 Å². The van der Waals surface area contributed by atoms with Gasteiger partial charge in [0, 0.05) is 11.8 Å². The van der Waals surface area contributed by atoms with Gasteiger partial charge in [0.05, 0.1) is 5.71 Å². The second-order valence-electron chi connectivity index (χ2n) is 9.72. The first-order valence-electron chi connectivity index (χ1n) is 10.3. The third kappa shape index (κ3) is 1.91. The quantitative estimate of drug-likeness (QED) is 0.391. The van der Waals surface area contributed by atoms with Gasteiger partial charge in [0.2, 0.25) is 0 Å². The van der Waals surface area contributed by atoms with Crippen molar-refractivity contribution < 1.29 is 14.7 Å². The number of hydrogen-bond acceptors (Lipinski definition) is 4. The summed E-state index contributed by atoms with van der Waals surface area (Å²) < 4.78 is 6.00. The van der Waals surface area contributed by atoms with Crippen molar-refractivity contribution in [3.63, 3.8) is 0 Å². The summed E-state index contributed by atoms with van der Waals surface area (Å²) in [5.41, 5.74) is 2.24. The molecule has 1 spiro atoms. The number of fused-ring (bicyclic) bond motifs is 6. The molecule has 140 valence electrons. The molecule has 3 fully saturated rings. The normalized spacial score (nSPS) is 51.0. The predicted molar refractivity (Wildman–Crippen MR) is 98.9 cm³/mol. The number of carbonyl (C=O) groups excluding carboxylic acids is 1. The van der Waals surface area contributed by atoms with Gasteiger partial charge in [-0.1, -0.05) is 31.2 Å². The zero-order chi connectivity index (χ0) is 18.2. The minimum atomic E-state index is -0.201. The van der Waals surface area contributed by atoms with Crippen LogP contribution >= 0.6 is 0 Å². The van der Waals surface area contributed by atoms with Crippen LogP contribution in [0, 0.1) is 28.6 Å². The maximum absolute atomic E-state index is 11.9. The number of esters is 1. The van der Waals surface area contributed by atoms with Crippen LogP contribution in [-0.2, 0) is 9.53 Å². The fraction of sp³-hybridized carbons (Fsp3) is 0.727. The molecule has 5 rings (SSSR count). The van der Waals surface area contributed by atoms with E-state index in [9.17, 15) is 10.0 Å². The van der Waals surface area contributed by atoms with Crippen LogP contribution in [0.2, 0.25) is 0 Å². The average molecular weight is 355 g/mol. The van der Waals surface area contributed by atoms with E-state index in [4.69, 9.17) is 4.74 Å². The lowest BCUT2D eigenvalue weighted by Gasteiger charge is -2.57. The van der Waals surface area contributed by atoms with Gasteiger partial charge in [-0.05, 0) is 79.8 Å². The highest BCUT2D eigenvalue weighted by molar-refractivity contribution is 5.96. The number of ether oxygens (including phenoxy) is 1. The van der Waals surface area contributed by atoms with Gasteiger partial charge in [-0.3, -0.25) is 4.79 Å². The van der Waals surface area contributed by atoms with Crippen molar-refractivity contribution in [2.24, 2.45) is 33.7 Å². The molecule has 4 nitrogen and oxygen atoms in total. The van der Waals surface area contributed by atoms with Crippen molar-refractivity contribution in [1.29, 1.82) is 0 Å². The first-order chi connectivity index (χ1) is 12.4. The van der Waals surface area contributed by atoms with Crippen molar-refractivity contribution in [3.8, 4) is 0 Å². The van der Waals surface area contributed by atoms with Gasteiger partial charge in [0.15, 0.2) is 0 Å². The van der Waals surface area contributed by atoms with Crippen LogP contribution in [0.4, 0.5) is 0 Å². The third-order valence-electron chi connectivity index (χ3n) is 8.99. The molecule has 0 aromatic heterocycles. The molecule has 4 aliphatic carbocycles. The molecule has 0 amide bonds. The first kappa shape index (κ1) is 16.6. The highest BCUT2D eigenvalue weighted by Crippen LogP contribution is 2.68. The number of carbonyl (C=O) groups is 1. The van der Waals surface area contributed by atoms with Crippen molar-refractivity contribution in [2.45, 2.75) is 70.8 Å². The Kier molecular flexibility index (Phi) is 3.34. The van der Waals surface area contributed by atoms with E-state index in [1.807, 2.05) is 0 Å². The van der Waals surface area contributed by atoms with Crippen LogP contribution in [0.5, 0.6) is 0 Å². The number of oxime groups is 1. The standard InChI is InChI=1S/C22H29NO3/c1-20-9-5-15(23-25)13-14(20)3-4-16-17(20)6-10-21(2)18(16)7-11-22(21)12-8-19(24)26-22/h3-4,13,16-18,25H,5-12H2,1-2H3/b23-15-/t16-,17+,18-,20-,21-,22-/m1/s1. The molecule has 0 bridgehead atoms. The number of nitrogens with zero attached hydrogens (tertiary/aromatic N) is 1. The lowest BCUT2D eigenvalue weighted by Crippen LogP contribution is -2.53. The Bertz CT molecular complexity index is 752. The van der Waals surface area contributed by atoms with E-state index in [-0.39, 0.29) is 22.4 Å². The molecule has 0 radical (unpaired) electrons. The van der Waals surface area contributed by atoms with E-state index in [1.165, 1.54) is 18.4 Å². The van der Waals surface area contributed by atoms with Gasteiger partial charge in [-0.15, -0.1) is 0 Å². The van der Waals surface area contributed by atoms with E-state index >= 15 is 0 Å². The van der Waals surface area contributed by atoms with Crippen molar-refractivity contribution in [3.05, 3.63) is 23.8 Å². The molecular formula is C22H29NO3. The Morgan fingerprint density at radius 1 is 1.12 bits per heavy atom. The Hall–Kier alpha value is -1.58. The summed E-state index contributed by atoms with van der Waals surface area (Å²) in [6.45, 7) is 4.82. The monoisotopic (exact) mass is 355 g/mol. The first-order valence-corrected chi connectivity index (χ1v) is 10.3. The summed E-state index contributed by atoms with van der Waals surface area (Å²) in [4.78, 5) is 11.9. The van der Waals surface area contributed by atoms with Crippen LogP contribution in [0.15, 0.2) is 29.0 Å². The summed E-state index contributed by atoms with van der Waals surface area (Å²) in [7, 11) is 0. The molecule has 2 saturated carbocycles. The van der Waals surface area contributed by atoms with Crippen molar-refractivity contribution in [2.75, 3.05) is 0 Å². The van der Waals surface area contributed by atoms with Crippen molar-refractivity contribution in [1.82, 2.24) is 0 Å². The number of hydrogen-bond donors (Lipinski definition) is 1. The van der Waals surface area contributed by atoms with Crippen LogP contribution in [-0.4, -0.2) is 22.5 Å². The fourth-order valence-electron chi connectivity index (χ4n) is 7.38.